The van der Waals surface area contributed by atoms with Crippen LogP contribution in [0.3, 0.4) is 0 Å². The summed E-state index contributed by atoms with van der Waals surface area (Å²) in [5.41, 5.74) is 1.10. The van der Waals surface area contributed by atoms with Crippen molar-refractivity contribution in [1.82, 2.24) is 0 Å². The highest BCUT2D eigenvalue weighted by Crippen LogP contribution is 1.96. The number of hydrogen-bond acceptors (Lipinski definition) is 0. The van der Waals surface area contributed by atoms with Crippen LogP contribution in [0.1, 0.15) is 25.3 Å². The van der Waals surface area contributed by atoms with Crippen molar-refractivity contribution in [2.24, 2.45) is 0 Å². The lowest BCUT2D eigenvalue weighted by molar-refractivity contribution is 1.04. The van der Waals surface area contributed by atoms with Gasteiger partial charge in [0.25, 0.3) is 0 Å². The Hall–Kier alpha value is -1.22. The minimum atomic E-state index is 0.894. The first-order valence-electron chi connectivity index (χ1n) is 4.29. The van der Waals surface area contributed by atoms with E-state index >= 15 is 0 Å². The van der Waals surface area contributed by atoms with E-state index in [9.17, 15) is 0 Å². The summed E-state index contributed by atoms with van der Waals surface area (Å²) in [4.78, 5) is 0. The van der Waals surface area contributed by atoms with Crippen LogP contribution in [-0.4, -0.2) is 0 Å². The second kappa shape index (κ2) is 5.43. The first kappa shape index (κ1) is 8.87. The molecule has 0 spiro atoms. The fourth-order valence-electron chi connectivity index (χ4n) is 0.891. The summed E-state index contributed by atoms with van der Waals surface area (Å²) >= 11 is 0. The summed E-state index contributed by atoms with van der Waals surface area (Å²) < 4.78 is 0. The lowest BCUT2D eigenvalue weighted by atomic mass is 10.2. The van der Waals surface area contributed by atoms with Crippen molar-refractivity contribution in [1.29, 1.82) is 0 Å². The molecule has 0 heteroatoms. The molecule has 0 aliphatic carbocycles. The van der Waals surface area contributed by atoms with Crippen LogP contribution in [0.15, 0.2) is 30.3 Å². The zero-order valence-corrected chi connectivity index (χ0v) is 7.38. The molecule has 1 rings (SSSR count). The Balaban J connectivity index is 2.44. The molecule has 0 bridgehead atoms. The van der Waals surface area contributed by atoms with Gasteiger partial charge in [0.2, 0.25) is 0 Å². The van der Waals surface area contributed by atoms with E-state index in [1.807, 2.05) is 30.3 Å². The third kappa shape index (κ3) is 3.25. The molecule has 0 amide bonds. The topological polar surface area (TPSA) is 0 Å². The summed E-state index contributed by atoms with van der Waals surface area (Å²) in [7, 11) is 0. The van der Waals surface area contributed by atoms with Gasteiger partial charge in [0.1, 0.15) is 0 Å². The van der Waals surface area contributed by atoms with Crippen molar-refractivity contribution in [3.05, 3.63) is 42.3 Å². The molecule has 61 valence electrons. The van der Waals surface area contributed by atoms with Gasteiger partial charge in [0.05, 0.1) is 0 Å². The van der Waals surface area contributed by atoms with Gasteiger partial charge in [-0.25, -0.2) is 0 Å². The molecule has 0 nitrogen and oxygen atoms in total. The monoisotopic (exact) mass is 157 g/mol. The number of rotatable bonds is 2. The number of hydrogen-bond donors (Lipinski definition) is 0. The van der Waals surface area contributed by atoms with Gasteiger partial charge in [-0.3, -0.25) is 0 Å². The van der Waals surface area contributed by atoms with E-state index in [-0.39, 0.29) is 0 Å². The fourth-order valence-corrected chi connectivity index (χ4v) is 0.891. The molecule has 1 radical (unpaired) electrons. The van der Waals surface area contributed by atoms with E-state index in [2.05, 4.69) is 25.2 Å². The predicted octanol–water partition coefficient (Wildman–Crippen LogP) is 3.04. The zero-order chi connectivity index (χ0) is 8.65. The van der Waals surface area contributed by atoms with Crippen LogP contribution in [0, 0.1) is 18.3 Å². The Morgan fingerprint density at radius 2 is 2.00 bits per heavy atom. The van der Waals surface area contributed by atoms with Crippen LogP contribution >= 0.6 is 0 Å². The van der Waals surface area contributed by atoms with Crippen LogP contribution in [-0.2, 0) is 0 Å². The lowest BCUT2D eigenvalue weighted by Crippen LogP contribution is -1.72. The van der Waals surface area contributed by atoms with Gasteiger partial charge in [0.15, 0.2) is 0 Å². The summed E-state index contributed by atoms with van der Waals surface area (Å²) in [6.07, 6.45) is 4.17. The van der Waals surface area contributed by atoms with Gasteiger partial charge in [-0.1, -0.05) is 43.4 Å². The maximum Gasteiger partial charge on any atom is 0.0245 e. The third-order valence-corrected chi connectivity index (χ3v) is 1.54. The SMILES string of the molecule is CC[CH]CC#Cc1ccccc1. The molecule has 0 N–H and O–H groups in total. The van der Waals surface area contributed by atoms with Crippen LogP contribution in [0.25, 0.3) is 0 Å². The lowest BCUT2D eigenvalue weighted by Gasteiger charge is -1.86. The van der Waals surface area contributed by atoms with Crippen molar-refractivity contribution in [2.75, 3.05) is 0 Å². The molecule has 1 aromatic carbocycles. The maximum absolute atomic E-state index is 3.10. The summed E-state index contributed by atoms with van der Waals surface area (Å²) in [5, 5.41) is 0. The van der Waals surface area contributed by atoms with E-state index in [0.29, 0.717) is 0 Å². The Labute approximate surface area is 74.6 Å². The van der Waals surface area contributed by atoms with Gasteiger partial charge in [-0.2, -0.15) is 0 Å². The molecule has 0 saturated carbocycles. The Bertz CT molecular complexity index is 261. The molecular weight excluding hydrogens is 144 g/mol. The van der Waals surface area contributed by atoms with Gasteiger partial charge < -0.3 is 0 Å². The second-order valence-corrected chi connectivity index (χ2v) is 2.57. The highest BCUT2D eigenvalue weighted by molar-refractivity contribution is 5.33. The molecule has 0 atom stereocenters. The van der Waals surface area contributed by atoms with E-state index in [0.717, 1.165) is 18.4 Å². The molecule has 12 heavy (non-hydrogen) atoms. The maximum atomic E-state index is 3.10. The normalized spacial score (nSPS) is 8.75. The molecule has 0 aliphatic heterocycles. The van der Waals surface area contributed by atoms with Crippen LogP contribution in [0.5, 0.6) is 0 Å². The van der Waals surface area contributed by atoms with Crippen molar-refractivity contribution < 1.29 is 0 Å². The van der Waals surface area contributed by atoms with E-state index in [1.54, 1.807) is 0 Å². The van der Waals surface area contributed by atoms with Gasteiger partial charge in [-0.05, 0) is 18.6 Å². The van der Waals surface area contributed by atoms with Crippen LogP contribution < -0.4 is 0 Å². The zero-order valence-electron chi connectivity index (χ0n) is 7.38. The highest BCUT2D eigenvalue weighted by atomic mass is 13.8. The molecule has 0 unspecified atom stereocenters. The fraction of sp³-hybridized carbons (Fsp3) is 0.250. The summed E-state index contributed by atoms with van der Waals surface area (Å²) in [5.74, 6) is 6.20. The number of unbranched alkanes of at least 4 members (excludes halogenated alkanes) is 2. The first-order valence-corrected chi connectivity index (χ1v) is 4.29. The van der Waals surface area contributed by atoms with Gasteiger partial charge in [-0.15, -0.1) is 0 Å². The van der Waals surface area contributed by atoms with Gasteiger partial charge in [0, 0.05) is 12.0 Å². The van der Waals surface area contributed by atoms with Crippen LogP contribution in [0.4, 0.5) is 0 Å². The Morgan fingerprint density at radius 1 is 1.25 bits per heavy atom. The average Bonchev–Trinajstić information content (AvgIpc) is 2.14. The van der Waals surface area contributed by atoms with Crippen LogP contribution in [0.2, 0.25) is 0 Å². The van der Waals surface area contributed by atoms with Crippen molar-refractivity contribution in [3.8, 4) is 11.8 Å². The average molecular weight is 157 g/mol. The minimum Gasteiger partial charge on any atom is -0.0976 e. The van der Waals surface area contributed by atoms with E-state index in [1.165, 1.54) is 0 Å². The second-order valence-electron chi connectivity index (χ2n) is 2.57. The molecule has 1 aromatic rings. The highest BCUT2D eigenvalue weighted by Gasteiger charge is 1.81. The standard InChI is InChI=1S/C12H13/c1-2-3-4-6-9-12-10-7-5-8-11-12/h3,5,7-8,10-11H,2,4H2,1H3. The molecular formula is C12H13. The Morgan fingerprint density at radius 3 is 2.67 bits per heavy atom. The quantitative estimate of drug-likeness (QED) is 0.457. The Kier molecular flexibility index (Phi) is 4.02. The molecule has 0 heterocycles. The molecule has 0 saturated heterocycles. The summed E-state index contributed by atoms with van der Waals surface area (Å²) in [6.45, 7) is 2.13. The third-order valence-electron chi connectivity index (χ3n) is 1.54. The molecule has 0 fully saturated rings. The smallest absolute Gasteiger partial charge is 0.0245 e. The predicted molar refractivity (Wildman–Crippen MR) is 52.5 cm³/mol. The van der Waals surface area contributed by atoms with Crippen molar-refractivity contribution in [3.63, 3.8) is 0 Å². The molecule has 0 aromatic heterocycles. The van der Waals surface area contributed by atoms with E-state index in [4.69, 9.17) is 0 Å². The summed E-state index contributed by atoms with van der Waals surface area (Å²) in [6, 6.07) is 10.1. The van der Waals surface area contributed by atoms with E-state index < -0.39 is 0 Å². The minimum absolute atomic E-state index is 0.894. The van der Waals surface area contributed by atoms with Crippen molar-refractivity contribution >= 4 is 0 Å². The number of benzene rings is 1. The first-order chi connectivity index (χ1) is 5.93. The van der Waals surface area contributed by atoms with Crippen molar-refractivity contribution in [2.45, 2.75) is 19.8 Å². The van der Waals surface area contributed by atoms with Gasteiger partial charge >= 0.3 is 0 Å². The molecule has 0 aliphatic rings. The largest absolute Gasteiger partial charge is 0.0976 e.